The van der Waals surface area contributed by atoms with Crippen molar-refractivity contribution in [2.45, 2.75) is 12.9 Å². The van der Waals surface area contributed by atoms with Crippen molar-refractivity contribution in [2.24, 2.45) is 0 Å². The third kappa shape index (κ3) is 6.49. The molecule has 9 heteroatoms. The number of pyridine rings is 1. The molecular weight excluding hydrogens is 425 g/mol. The number of carboxylic acid groups (broad SMARTS) is 1. The number of hydrogen-bond donors (Lipinski definition) is 2. The number of hydrogen-bond acceptors (Lipinski definition) is 5. The second-order valence-corrected chi connectivity index (χ2v) is 6.61. The van der Waals surface area contributed by atoms with Crippen molar-refractivity contribution in [3.63, 3.8) is 0 Å². The Balaban J connectivity index is 1.70. The molecule has 0 aliphatic heterocycles. The van der Waals surface area contributed by atoms with Gasteiger partial charge in [0.2, 0.25) is 0 Å². The van der Waals surface area contributed by atoms with Crippen LogP contribution >= 0.6 is 0 Å². The average molecular weight is 444 g/mol. The van der Waals surface area contributed by atoms with Crippen molar-refractivity contribution in [1.29, 1.82) is 0 Å². The van der Waals surface area contributed by atoms with Crippen LogP contribution < -0.4 is 14.8 Å². The first-order chi connectivity index (χ1) is 15.2. The molecule has 0 unspecified atom stereocenters. The maximum absolute atomic E-state index is 12.4. The van der Waals surface area contributed by atoms with Gasteiger partial charge >= 0.3 is 12.3 Å². The van der Waals surface area contributed by atoms with Crippen LogP contribution in [0.15, 0.2) is 66.9 Å². The van der Waals surface area contributed by atoms with E-state index in [2.05, 4.69) is 15.0 Å². The summed E-state index contributed by atoms with van der Waals surface area (Å²) in [5.74, 6) is -0.276. The van der Waals surface area contributed by atoms with E-state index in [0.717, 1.165) is 17.2 Å². The Kier molecular flexibility index (Phi) is 6.99. The average Bonchev–Trinajstić information content (AvgIpc) is 2.75. The lowest BCUT2D eigenvalue weighted by atomic mass is 10.0. The number of methoxy groups -OCH3 is 1. The van der Waals surface area contributed by atoms with Crippen LogP contribution in [0.4, 0.5) is 19.0 Å². The number of nitrogens with one attached hydrogen (secondary N) is 1. The Bertz CT molecular complexity index is 1110. The molecule has 0 spiro atoms. The number of rotatable bonds is 8. The van der Waals surface area contributed by atoms with Gasteiger partial charge < -0.3 is 19.9 Å². The van der Waals surface area contributed by atoms with Gasteiger partial charge in [-0.15, -0.1) is 13.2 Å². The van der Waals surface area contributed by atoms with E-state index in [-0.39, 0.29) is 12.3 Å². The maximum atomic E-state index is 12.4. The molecule has 3 rings (SSSR count). The van der Waals surface area contributed by atoms with Crippen LogP contribution in [0.25, 0.3) is 17.2 Å². The fourth-order valence-corrected chi connectivity index (χ4v) is 2.92. The smallest absolute Gasteiger partial charge is 0.496 e. The van der Waals surface area contributed by atoms with E-state index < -0.39 is 12.3 Å². The minimum absolute atomic E-state index is 0.258. The summed E-state index contributed by atoms with van der Waals surface area (Å²) in [4.78, 5) is 15.1. The highest BCUT2D eigenvalue weighted by Gasteiger charge is 2.31. The summed E-state index contributed by atoms with van der Waals surface area (Å²) in [7, 11) is 1.50. The van der Waals surface area contributed by atoms with Gasteiger partial charge in [0.25, 0.3) is 0 Å². The number of aliphatic carboxylic acids is 1. The van der Waals surface area contributed by atoms with Crippen molar-refractivity contribution < 1.29 is 32.5 Å². The first-order valence-electron chi connectivity index (χ1n) is 9.37. The topological polar surface area (TPSA) is 80.7 Å². The second kappa shape index (κ2) is 9.86. The summed E-state index contributed by atoms with van der Waals surface area (Å²) in [5.41, 5.74) is 2.81. The summed E-state index contributed by atoms with van der Waals surface area (Å²) in [5, 5.41) is 11.9. The SMILES string of the molecule is COc1ccc(-c2ccc(NCc3cccc(OC(F)(F)F)c3)nc2)cc1/C=C/C(=O)O. The highest BCUT2D eigenvalue weighted by Crippen LogP contribution is 2.28. The third-order valence-electron chi connectivity index (χ3n) is 4.34. The van der Waals surface area contributed by atoms with E-state index in [0.29, 0.717) is 22.7 Å². The summed E-state index contributed by atoms with van der Waals surface area (Å²) in [6.45, 7) is 0.258. The Morgan fingerprint density at radius 1 is 1.12 bits per heavy atom. The molecule has 0 saturated carbocycles. The number of benzene rings is 2. The zero-order valence-electron chi connectivity index (χ0n) is 16.9. The van der Waals surface area contributed by atoms with Crippen LogP contribution in [-0.4, -0.2) is 29.5 Å². The molecule has 3 aromatic rings. The maximum Gasteiger partial charge on any atom is 0.573 e. The molecule has 0 amide bonds. The highest BCUT2D eigenvalue weighted by molar-refractivity contribution is 5.86. The van der Waals surface area contributed by atoms with Crippen LogP contribution in [0.1, 0.15) is 11.1 Å². The Labute approximate surface area is 181 Å². The Hall–Kier alpha value is -4.01. The predicted octanol–water partition coefficient (Wildman–Crippen LogP) is 5.37. The lowest BCUT2D eigenvalue weighted by Crippen LogP contribution is -2.17. The molecule has 1 heterocycles. The van der Waals surface area contributed by atoms with Gasteiger partial charge in [-0.2, -0.15) is 0 Å². The molecule has 1 aromatic heterocycles. The number of nitrogens with zero attached hydrogens (tertiary/aromatic N) is 1. The fourth-order valence-electron chi connectivity index (χ4n) is 2.92. The third-order valence-corrected chi connectivity index (χ3v) is 4.34. The number of carboxylic acids is 1. The van der Waals surface area contributed by atoms with Crippen molar-refractivity contribution >= 4 is 17.9 Å². The van der Waals surface area contributed by atoms with Crippen LogP contribution in [-0.2, 0) is 11.3 Å². The zero-order valence-corrected chi connectivity index (χ0v) is 16.9. The van der Waals surface area contributed by atoms with Gasteiger partial charge in [-0.05, 0) is 53.6 Å². The summed E-state index contributed by atoms with van der Waals surface area (Å²) < 4.78 is 46.3. The van der Waals surface area contributed by atoms with Crippen LogP contribution in [0.3, 0.4) is 0 Å². The fraction of sp³-hybridized carbons (Fsp3) is 0.130. The summed E-state index contributed by atoms with van der Waals surface area (Å²) in [6, 6.07) is 14.6. The molecule has 2 aromatic carbocycles. The van der Waals surface area contributed by atoms with E-state index in [1.54, 1.807) is 30.5 Å². The molecule has 0 saturated heterocycles. The van der Waals surface area contributed by atoms with Crippen molar-refractivity contribution in [3.05, 3.63) is 78.0 Å². The van der Waals surface area contributed by atoms with Gasteiger partial charge in [-0.1, -0.05) is 18.2 Å². The van der Waals surface area contributed by atoms with Gasteiger partial charge in [0.05, 0.1) is 7.11 Å². The summed E-state index contributed by atoms with van der Waals surface area (Å²) >= 11 is 0. The lowest BCUT2D eigenvalue weighted by molar-refractivity contribution is -0.274. The first-order valence-corrected chi connectivity index (χ1v) is 9.37. The van der Waals surface area contributed by atoms with Crippen LogP contribution in [0.5, 0.6) is 11.5 Å². The number of halogens is 3. The van der Waals surface area contributed by atoms with E-state index >= 15 is 0 Å². The molecule has 166 valence electrons. The normalized spacial score (nSPS) is 11.4. The first kappa shape index (κ1) is 22.7. The van der Waals surface area contributed by atoms with Crippen molar-refractivity contribution in [1.82, 2.24) is 4.98 Å². The van der Waals surface area contributed by atoms with Crippen LogP contribution in [0.2, 0.25) is 0 Å². The van der Waals surface area contributed by atoms with Gasteiger partial charge in [0, 0.05) is 29.9 Å². The number of ether oxygens (including phenoxy) is 2. The van der Waals surface area contributed by atoms with E-state index in [1.165, 1.54) is 31.4 Å². The molecule has 6 nitrogen and oxygen atoms in total. The molecule has 0 atom stereocenters. The quantitative estimate of drug-likeness (QED) is 0.455. The van der Waals surface area contributed by atoms with Gasteiger partial charge in [0.15, 0.2) is 0 Å². The Morgan fingerprint density at radius 3 is 2.56 bits per heavy atom. The van der Waals surface area contributed by atoms with Crippen molar-refractivity contribution in [2.75, 3.05) is 12.4 Å². The van der Waals surface area contributed by atoms with E-state index in [4.69, 9.17) is 9.84 Å². The standard InChI is InChI=1S/C23H19F3N2O4/c1-31-20-8-5-16(12-17(20)7-10-22(29)30)18-6-9-21(28-14-18)27-13-15-3-2-4-19(11-15)32-23(24,25)26/h2-12,14H,13H2,1H3,(H,27,28)(H,29,30)/b10-7+. The molecule has 0 aliphatic rings. The molecule has 2 N–H and O–H groups in total. The predicted molar refractivity (Wildman–Crippen MR) is 113 cm³/mol. The summed E-state index contributed by atoms with van der Waals surface area (Å²) in [6.07, 6.45) is -0.627. The Morgan fingerprint density at radius 2 is 1.91 bits per heavy atom. The molecule has 0 radical (unpaired) electrons. The molecule has 0 aliphatic carbocycles. The molecule has 0 bridgehead atoms. The van der Waals surface area contributed by atoms with Gasteiger partial charge in [0.1, 0.15) is 17.3 Å². The second-order valence-electron chi connectivity index (χ2n) is 6.61. The minimum atomic E-state index is -4.74. The molecule has 0 fully saturated rings. The lowest BCUT2D eigenvalue weighted by Gasteiger charge is -2.11. The monoisotopic (exact) mass is 444 g/mol. The van der Waals surface area contributed by atoms with E-state index in [1.807, 2.05) is 12.1 Å². The molecule has 32 heavy (non-hydrogen) atoms. The number of anilines is 1. The molecular formula is C23H19F3N2O4. The van der Waals surface area contributed by atoms with Gasteiger partial charge in [-0.25, -0.2) is 9.78 Å². The highest BCUT2D eigenvalue weighted by atomic mass is 19.4. The van der Waals surface area contributed by atoms with Crippen molar-refractivity contribution in [3.8, 4) is 22.6 Å². The number of alkyl halides is 3. The van der Waals surface area contributed by atoms with E-state index in [9.17, 15) is 18.0 Å². The zero-order chi connectivity index (χ0) is 23.1. The number of carbonyl (C=O) groups is 1. The van der Waals surface area contributed by atoms with Crippen LogP contribution in [0, 0.1) is 0 Å². The minimum Gasteiger partial charge on any atom is -0.496 e. The number of aromatic nitrogens is 1. The largest absolute Gasteiger partial charge is 0.573 e. The van der Waals surface area contributed by atoms with Gasteiger partial charge in [-0.3, -0.25) is 0 Å².